The molecule has 0 atom stereocenters. The Morgan fingerprint density at radius 1 is 1.57 bits per heavy atom. The Morgan fingerprint density at radius 3 is 3.14 bits per heavy atom. The highest BCUT2D eigenvalue weighted by molar-refractivity contribution is 7.09. The van der Waals surface area contributed by atoms with Gasteiger partial charge in [-0.25, -0.2) is 5.10 Å². The van der Waals surface area contributed by atoms with Gasteiger partial charge in [0.1, 0.15) is 5.69 Å². The van der Waals surface area contributed by atoms with Gasteiger partial charge in [0.15, 0.2) is 0 Å². The van der Waals surface area contributed by atoms with Crippen LogP contribution in [0.5, 0.6) is 0 Å². The first-order valence-electron chi connectivity index (χ1n) is 4.12. The number of nitrogens with two attached hydrogens (primary N) is 1. The maximum Gasteiger partial charge on any atom is 0.287 e. The lowest BCUT2D eigenvalue weighted by molar-refractivity contribution is 0.966. The van der Waals surface area contributed by atoms with E-state index in [1.54, 1.807) is 17.5 Å². The lowest BCUT2D eigenvalue weighted by Gasteiger charge is -2.00. The average Bonchev–Trinajstić information content (AvgIpc) is 2.66. The Kier molecular flexibility index (Phi) is 2.32. The second-order valence-corrected chi connectivity index (χ2v) is 3.93. The molecule has 0 amide bonds. The van der Waals surface area contributed by atoms with Crippen molar-refractivity contribution in [2.45, 2.75) is 6.42 Å². The third-order valence-electron chi connectivity index (χ3n) is 1.92. The Morgan fingerprint density at radius 2 is 2.43 bits per heavy atom. The molecule has 14 heavy (non-hydrogen) atoms. The fourth-order valence-corrected chi connectivity index (χ4v) is 1.91. The van der Waals surface area contributed by atoms with E-state index in [1.165, 1.54) is 4.88 Å². The molecule has 2 rings (SSSR count). The molecule has 0 bridgehead atoms. The highest BCUT2D eigenvalue weighted by Gasteiger charge is 2.04. The molecule has 0 saturated carbocycles. The number of rotatable bonds is 2. The van der Waals surface area contributed by atoms with E-state index in [0.29, 0.717) is 6.42 Å². The fourth-order valence-electron chi connectivity index (χ4n) is 1.19. The highest BCUT2D eigenvalue weighted by atomic mass is 32.1. The van der Waals surface area contributed by atoms with Crippen molar-refractivity contribution in [1.82, 2.24) is 10.2 Å². The molecule has 0 unspecified atom stereocenters. The molecule has 0 saturated heterocycles. The monoisotopic (exact) mass is 207 g/mol. The van der Waals surface area contributed by atoms with Crippen LogP contribution in [0.4, 0.5) is 5.69 Å². The van der Waals surface area contributed by atoms with Crippen LogP contribution in [0, 0.1) is 0 Å². The number of aromatic nitrogens is 2. The molecule has 0 radical (unpaired) electrons. The maximum atomic E-state index is 11.1. The molecule has 0 aliphatic heterocycles. The van der Waals surface area contributed by atoms with Crippen molar-refractivity contribution in [3.8, 4) is 0 Å². The highest BCUT2D eigenvalue weighted by Crippen LogP contribution is 2.15. The van der Waals surface area contributed by atoms with Gasteiger partial charge in [0.05, 0.1) is 6.20 Å². The van der Waals surface area contributed by atoms with Gasteiger partial charge in [-0.1, -0.05) is 6.07 Å². The molecule has 2 aromatic rings. The summed E-state index contributed by atoms with van der Waals surface area (Å²) in [7, 11) is 0. The summed E-state index contributed by atoms with van der Waals surface area (Å²) in [5.41, 5.74) is 6.33. The number of nitrogen functional groups attached to an aromatic ring is 1. The van der Waals surface area contributed by atoms with Crippen LogP contribution in [0.1, 0.15) is 10.4 Å². The lowest BCUT2D eigenvalue weighted by atomic mass is 10.2. The first-order valence-corrected chi connectivity index (χ1v) is 5.00. The topological polar surface area (TPSA) is 71.8 Å². The zero-order chi connectivity index (χ0) is 9.97. The summed E-state index contributed by atoms with van der Waals surface area (Å²) in [4.78, 5) is 12.3. The summed E-state index contributed by atoms with van der Waals surface area (Å²) in [6.45, 7) is 0. The van der Waals surface area contributed by atoms with Crippen LogP contribution >= 0.6 is 11.3 Å². The summed E-state index contributed by atoms with van der Waals surface area (Å²) in [5, 5.41) is 8.00. The average molecular weight is 207 g/mol. The number of aromatic amines is 1. The Hall–Kier alpha value is -1.62. The van der Waals surface area contributed by atoms with Crippen LogP contribution in [-0.4, -0.2) is 10.2 Å². The van der Waals surface area contributed by atoms with E-state index in [4.69, 9.17) is 5.73 Å². The van der Waals surface area contributed by atoms with Crippen LogP contribution in [0.3, 0.4) is 0 Å². The van der Waals surface area contributed by atoms with E-state index in [2.05, 4.69) is 10.2 Å². The van der Waals surface area contributed by atoms with Gasteiger partial charge in [-0.15, -0.1) is 11.3 Å². The summed E-state index contributed by atoms with van der Waals surface area (Å²) >= 11 is 1.64. The van der Waals surface area contributed by atoms with Crippen molar-refractivity contribution in [2.75, 3.05) is 5.73 Å². The van der Waals surface area contributed by atoms with Gasteiger partial charge in [0.2, 0.25) is 0 Å². The molecule has 2 aromatic heterocycles. The van der Waals surface area contributed by atoms with Gasteiger partial charge in [-0.05, 0) is 11.4 Å². The van der Waals surface area contributed by atoms with E-state index >= 15 is 0 Å². The second kappa shape index (κ2) is 3.63. The molecule has 0 fully saturated rings. The number of nitrogens with zero attached hydrogens (tertiary/aromatic N) is 1. The van der Waals surface area contributed by atoms with Crippen molar-refractivity contribution < 1.29 is 0 Å². The van der Waals surface area contributed by atoms with Crippen LogP contribution in [0.15, 0.2) is 28.5 Å². The summed E-state index contributed by atoms with van der Waals surface area (Å²) < 4.78 is 0. The first kappa shape index (κ1) is 8.96. The predicted octanol–water partition coefficient (Wildman–Crippen LogP) is 1.00. The Balaban J connectivity index is 2.34. The van der Waals surface area contributed by atoms with Gasteiger partial charge in [-0.3, -0.25) is 4.79 Å². The molecule has 0 spiro atoms. The maximum absolute atomic E-state index is 11.1. The van der Waals surface area contributed by atoms with Crippen molar-refractivity contribution in [2.24, 2.45) is 0 Å². The zero-order valence-corrected chi connectivity index (χ0v) is 8.17. The molecule has 0 aliphatic rings. The van der Waals surface area contributed by atoms with Gasteiger partial charge in [0.25, 0.3) is 5.56 Å². The van der Waals surface area contributed by atoms with Crippen molar-refractivity contribution in [3.63, 3.8) is 0 Å². The molecule has 2 heterocycles. The van der Waals surface area contributed by atoms with Gasteiger partial charge < -0.3 is 5.73 Å². The van der Waals surface area contributed by atoms with Gasteiger partial charge in [0, 0.05) is 16.9 Å². The number of hydrogen-bond acceptors (Lipinski definition) is 4. The van der Waals surface area contributed by atoms with Crippen LogP contribution in [-0.2, 0) is 6.42 Å². The summed E-state index contributed by atoms with van der Waals surface area (Å²) in [5.74, 6) is 0. The van der Waals surface area contributed by atoms with Crippen LogP contribution in [0.2, 0.25) is 0 Å². The zero-order valence-electron chi connectivity index (χ0n) is 7.36. The molecule has 3 N–H and O–H groups in total. The quantitative estimate of drug-likeness (QED) is 0.771. The minimum Gasteiger partial charge on any atom is -0.394 e. The normalized spacial score (nSPS) is 10.3. The van der Waals surface area contributed by atoms with Crippen LogP contribution in [0.25, 0.3) is 0 Å². The number of thiophene rings is 1. The van der Waals surface area contributed by atoms with E-state index in [1.807, 2.05) is 17.5 Å². The van der Waals surface area contributed by atoms with E-state index in [-0.39, 0.29) is 11.2 Å². The fraction of sp³-hybridized carbons (Fsp3) is 0.111. The number of H-pyrrole nitrogens is 1. The Labute approximate surface area is 84.4 Å². The van der Waals surface area contributed by atoms with E-state index < -0.39 is 0 Å². The minimum absolute atomic E-state index is 0.258. The molecule has 0 aromatic carbocycles. The summed E-state index contributed by atoms with van der Waals surface area (Å²) in [6.07, 6.45) is 2.26. The third kappa shape index (κ3) is 1.67. The van der Waals surface area contributed by atoms with Crippen molar-refractivity contribution >= 4 is 17.0 Å². The van der Waals surface area contributed by atoms with Crippen molar-refractivity contribution in [3.05, 3.63) is 44.5 Å². The molecule has 0 aliphatic carbocycles. The SMILES string of the molecule is Nc1c(Cc2cccs2)cn[nH]c1=O. The van der Waals surface area contributed by atoms with Gasteiger partial charge in [-0.2, -0.15) is 5.10 Å². The molecule has 4 nitrogen and oxygen atoms in total. The molecular formula is C9H9N3OS. The molecular weight excluding hydrogens is 198 g/mol. The predicted molar refractivity (Wildman–Crippen MR) is 56.4 cm³/mol. The summed E-state index contributed by atoms with van der Waals surface area (Å²) in [6, 6.07) is 3.97. The smallest absolute Gasteiger partial charge is 0.287 e. The standard InChI is InChI=1S/C9H9N3OS/c10-8-6(5-11-12-9(8)13)4-7-2-1-3-14-7/h1-3,5H,4H2,(H2,10,11)(H,12,13). The second-order valence-electron chi connectivity index (χ2n) is 2.89. The lowest BCUT2D eigenvalue weighted by Crippen LogP contribution is -2.15. The van der Waals surface area contributed by atoms with Crippen molar-refractivity contribution in [1.29, 1.82) is 0 Å². The van der Waals surface area contributed by atoms with E-state index in [0.717, 1.165) is 5.56 Å². The largest absolute Gasteiger partial charge is 0.394 e. The molecule has 72 valence electrons. The first-order chi connectivity index (χ1) is 6.77. The third-order valence-corrected chi connectivity index (χ3v) is 2.80. The number of hydrogen-bond donors (Lipinski definition) is 2. The minimum atomic E-state index is -0.320. The van der Waals surface area contributed by atoms with Crippen LogP contribution < -0.4 is 11.3 Å². The number of nitrogens with one attached hydrogen (secondary N) is 1. The molecule has 5 heteroatoms. The van der Waals surface area contributed by atoms with E-state index in [9.17, 15) is 4.79 Å². The number of anilines is 1. The van der Waals surface area contributed by atoms with Gasteiger partial charge >= 0.3 is 0 Å². The Bertz CT molecular complexity index is 475.